The number of benzene rings is 1. The summed E-state index contributed by atoms with van der Waals surface area (Å²) in [7, 11) is 0. The van der Waals surface area contributed by atoms with Crippen LogP contribution < -0.4 is 4.74 Å². The summed E-state index contributed by atoms with van der Waals surface area (Å²) in [6.45, 7) is 0. The highest BCUT2D eigenvalue weighted by molar-refractivity contribution is 6.43. The topological polar surface area (TPSA) is 46.5 Å². The van der Waals surface area contributed by atoms with Crippen LogP contribution in [0.15, 0.2) is 24.3 Å². The van der Waals surface area contributed by atoms with Crippen LogP contribution in [-0.4, -0.2) is 16.1 Å². The lowest BCUT2D eigenvalue weighted by atomic mass is 10.2. The van der Waals surface area contributed by atoms with Crippen LogP contribution in [0, 0.1) is 0 Å². The Morgan fingerprint density at radius 2 is 2.00 bits per heavy atom. The molecule has 0 aliphatic rings. The summed E-state index contributed by atoms with van der Waals surface area (Å²) in [5, 5.41) is 7.64. The average Bonchev–Trinajstić information content (AvgIpc) is 2.03. The Bertz CT molecular complexity index is 312. The molecule has 0 bridgehead atoms. The number of halogens is 2. The minimum absolute atomic E-state index is 0.0359. The van der Waals surface area contributed by atoms with Gasteiger partial charge in [0.2, 0.25) is 5.02 Å². The fourth-order valence-electron chi connectivity index (χ4n) is 0.842. The summed E-state index contributed by atoms with van der Waals surface area (Å²) in [5.74, 6) is -0.922. The van der Waals surface area contributed by atoms with E-state index in [4.69, 9.17) is 33.0 Å². The van der Waals surface area contributed by atoms with E-state index in [0.29, 0.717) is 0 Å². The Balaban J connectivity index is 2.98. The van der Waals surface area contributed by atoms with Gasteiger partial charge in [-0.25, -0.2) is 4.79 Å². The van der Waals surface area contributed by atoms with Crippen molar-refractivity contribution in [2.24, 2.45) is 0 Å². The molecular weight excluding hydrogens is 215 g/mol. The number of rotatable bonds is 3. The lowest BCUT2D eigenvalue weighted by molar-refractivity contribution is 0.0692. The number of carboxylic acid groups (broad SMARTS) is 1. The predicted molar refractivity (Wildman–Crippen MR) is 49.5 cm³/mol. The molecule has 0 radical (unpaired) electrons. The Kier molecular flexibility index (Phi) is 3.39. The molecule has 0 atom stereocenters. The third-order valence-corrected chi connectivity index (χ3v) is 1.51. The first kappa shape index (κ1) is 10.2. The molecule has 1 rings (SSSR count). The van der Waals surface area contributed by atoms with E-state index in [1.807, 2.05) is 0 Å². The lowest BCUT2D eigenvalue weighted by Crippen LogP contribution is -2.05. The van der Waals surface area contributed by atoms with Crippen LogP contribution in [0.5, 0.6) is 5.75 Å². The summed E-state index contributed by atoms with van der Waals surface area (Å²) in [6, 6.07) is 6.13. The van der Waals surface area contributed by atoms with Crippen molar-refractivity contribution in [3.63, 3.8) is 0 Å². The van der Waals surface area contributed by atoms with E-state index in [0.717, 1.165) is 0 Å². The van der Waals surface area contributed by atoms with E-state index >= 15 is 0 Å². The lowest BCUT2D eigenvalue weighted by Gasteiger charge is -2.08. The third kappa shape index (κ3) is 2.79. The number of alkyl halides is 2. The molecule has 0 fully saturated rings. The van der Waals surface area contributed by atoms with Crippen LogP contribution in [-0.2, 0) is 0 Å². The van der Waals surface area contributed by atoms with Crippen LogP contribution >= 0.6 is 23.2 Å². The maximum Gasteiger partial charge on any atom is 0.339 e. The van der Waals surface area contributed by atoms with Crippen molar-refractivity contribution in [3.8, 4) is 5.75 Å². The molecule has 0 saturated carbocycles. The number of ether oxygens (including phenoxy) is 1. The number of hydrogen-bond acceptors (Lipinski definition) is 2. The first-order valence-electron chi connectivity index (χ1n) is 3.38. The molecule has 1 aromatic rings. The number of carboxylic acids is 1. The minimum atomic E-state index is -1.08. The molecule has 0 saturated heterocycles. The van der Waals surface area contributed by atoms with Gasteiger partial charge in [0, 0.05) is 0 Å². The van der Waals surface area contributed by atoms with E-state index in [2.05, 4.69) is 0 Å². The maximum absolute atomic E-state index is 10.6. The van der Waals surface area contributed by atoms with Crippen molar-refractivity contribution in [3.05, 3.63) is 29.8 Å². The van der Waals surface area contributed by atoms with Gasteiger partial charge < -0.3 is 9.84 Å². The second kappa shape index (κ2) is 4.35. The Labute approximate surface area is 84.8 Å². The summed E-state index contributed by atoms with van der Waals surface area (Å²) in [6.07, 6.45) is 0. The van der Waals surface area contributed by atoms with Gasteiger partial charge in [0.05, 0.1) is 0 Å². The van der Waals surface area contributed by atoms with E-state index in [-0.39, 0.29) is 11.3 Å². The molecule has 5 heteroatoms. The molecule has 0 aromatic heterocycles. The fraction of sp³-hybridized carbons (Fsp3) is 0.125. The zero-order valence-corrected chi connectivity index (χ0v) is 7.92. The van der Waals surface area contributed by atoms with E-state index in [1.54, 1.807) is 12.1 Å². The van der Waals surface area contributed by atoms with Gasteiger partial charge in [-0.1, -0.05) is 35.3 Å². The number of para-hydroxylation sites is 1. The predicted octanol–water partition coefficient (Wildman–Crippen LogP) is 2.52. The molecule has 0 spiro atoms. The van der Waals surface area contributed by atoms with Gasteiger partial charge in [-0.15, -0.1) is 0 Å². The van der Waals surface area contributed by atoms with Gasteiger partial charge in [-0.2, -0.15) is 0 Å². The van der Waals surface area contributed by atoms with Gasteiger partial charge in [0.25, 0.3) is 0 Å². The highest BCUT2D eigenvalue weighted by atomic mass is 35.5. The van der Waals surface area contributed by atoms with Crippen molar-refractivity contribution in [1.82, 2.24) is 0 Å². The van der Waals surface area contributed by atoms with Crippen LogP contribution in [0.2, 0.25) is 0 Å². The van der Waals surface area contributed by atoms with Crippen molar-refractivity contribution >= 4 is 29.2 Å². The number of carbonyl (C=O) groups is 1. The molecule has 13 heavy (non-hydrogen) atoms. The Morgan fingerprint density at radius 1 is 1.38 bits per heavy atom. The highest BCUT2D eigenvalue weighted by Gasteiger charge is 2.11. The van der Waals surface area contributed by atoms with Gasteiger partial charge in [0.15, 0.2) is 0 Å². The second-order valence-corrected chi connectivity index (χ2v) is 3.20. The first-order valence-corrected chi connectivity index (χ1v) is 4.25. The summed E-state index contributed by atoms with van der Waals surface area (Å²) >= 11 is 10.7. The molecule has 1 aromatic carbocycles. The van der Waals surface area contributed by atoms with Crippen molar-refractivity contribution < 1.29 is 14.6 Å². The van der Waals surface area contributed by atoms with Gasteiger partial charge in [0.1, 0.15) is 11.3 Å². The van der Waals surface area contributed by atoms with Crippen LogP contribution in [0.1, 0.15) is 10.4 Å². The summed E-state index contributed by atoms with van der Waals surface area (Å²) in [5.41, 5.74) is 0.0359. The van der Waals surface area contributed by atoms with Gasteiger partial charge in [-0.05, 0) is 12.1 Å². The summed E-state index contributed by atoms with van der Waals surface area (Å²) < 4.78 is 4.86. The smallest absolute Gasteiger partial charge is 0.339 e. The van der Waals surface area contributed by atoms with Crippen LogP contribution in [0.25, 0.3) is 0 Å². The Morgan fingerprint density at radius 3 is 2.54 bits per heavy atom. The largest absolute Gasteiger partial charge is 0.478 e. The van der Waals surface area contributed by atoms with Crippen LogP contribution in [0.4, 0.5) is 0 Å². The number of aromatic carboxylic acids is 1. The molecular formula is C8H6Cl2O3. The molecule has 1 N–H and O–H groups in total. The highest BCUT2D eigenvalue weighted by Crippen LogP contribution is 2.21. The van der Waals surface area contributed by atoms with E-state index < -0.39 is 11.0 Å². The second-order valence-electron chi connectivity index (χ2n) is 2.18. The molecule has 0 amide bonds. The average molecular weight is 221 g/mol. The van der Waals surface area contributed by atoms with Gasteiger partial charge >= 0.3 is 5.97 Å². The first-order chi connectivity index (χ1) is 6.11. The zero-order valence-electron chi connectivity index (χ0n) is 6.41. The standard InChI is InChI=1S/C8H6Cl2O3/c9-8(10)13-6-4-2-1-3-5(6)7(11)12/h1-4,8H,(H,11,12). The third-order valence-electron chi connectivity index (χ3n) is 1.33. The van der Waals surface area contributed by atoms with Crippen molar-refractivity contribution in [1.29, 1.82) is 0 Å². The summed E-state index contributed by atoms with van der Waals surface area (Å²) in [4.78, 5) is 10.6. The minimum Gasteiger partial charge on any atom is -0.478 e. The molecule has 0 heterocycles. The molecule has 70 valence electrons. The molecule has 0 aliphatic carbocycles. The van der Waals surface area contributed by atoms with E-state index in [9.17, 15) is 4.79 Å². The molecule has 3 nitrogen and oxygen atoms in total. The van der Waals surface area contributed by atoms with Crippen molar-refractivity contribution in [2.45, 2.75) is 5.02 Å². The quantitative estimate of drug-likeness (QED) is 0.797. The normalized spacial score (nSPS) is 10.1. The monoisotopic (exact) mass is 220 g/mol. The fourth-order valence-corrected chi connectivity index (χ4v) is 1.03. The van der Waals surface area contributed by atoms with Gasteiger partial charge in [-0.3, -0.25) is 0 Å². The Hall–Kier alpha value is -0.930. The van der Waals surface area contributed by atoms with Crippen LogP contribution in [0.3, 0.4) is 0 Å². The zero-order chi connectivity index (χ0) is 9.84. The molecule has 0 unspecified atom stereocenters. The molecule has 0 aliphatic heterocycles. The SMILES string of the molecule is O=C(O)c1ccccc1OC(Cl)Cl. The van der Waals surface area contributed by atoms with Crippen molar-refractivity contribution in [2.75, 3.05) is 0 Å². The maximum atomic E-state index is 10.6. The number of hydrogen-bond donors (Lipinski definition) is 1. The van der Waals surface area contributed by atoms with E-state index in [1.165, 1.54) is 12.1 Å².